The van der Waals surface area contributed by atoms with Crippen LogP contribution in [0, 0.1) is 0 Å². The molecule has 114 valence electrons. The number of hydrogen-bond acceptors (Lipinski definition) is 4. The van der Waals surface area contributed by atoms with Gasteiger partial charge in [0.2, 0.25) is 0 Å². The summed E-state index contributed by atoms with van der Waals surface area (Å²) in [5.74, 6) is 0.960. The number of ether oxygens (including phenoxy) is 1. The summed E-state index contributed by atoms with van der Waals surface area (Å²) in [6.07, 6.45) is 1.85. The molecule has 0 bridgehead atoms. The molecule has 1 aliphatic rings. The highest BCUT2D eigenvalue weighted by Gasteiger charge is 2.32. The van der Waals surface area contributed by atoms with Gasteiger partial charge in [0.25, 0.3) is 0 Å². The van der Waals surface area contributed by atoms with Crippen LogP contribution in [0.5, 0.6) is 5.75 Å². The molecule has 0 aromatic heterocycles. The number of hydrogen-bond donors (Lipinski definition) is 0. The molecule has 1 aliphatic heterocycles. The molecule has 0 spiro atoms. The summed E-state index contributed by atoms with van der Waals surface area (Å²) in [7, 11) is 3.28. The number of benzene rings is 2. The standard InChI is InChI=1S/C17H16INO2S/c1-21-16-8-7-15-17(14(16)11-20)13(10-19(15)22-18)9-12-5-3-2-4-6-12/h2-8,11,13H,9-10H2,1H3/t13-/m0/s1. The fraction of sp³-hybridized carbons (Fsp3) is 0.235. The topological polar surface area (TPSA) is 29.5 Å². The molecular formula is C17H16INO2S. The molecular weight excluding hydrogens is 409 g/mol. The number of aldehydes is 1. The van der Waals surface area contributed by atoms with Crippen molar-refractivity contribution >= 4 is 42.3 Å². The van der Waals surface area contributed by atoms with Crippen molar-refractivity contribution in [3.63, 3.8) is 0 Å². The van der Waals surface area contributed by atoms with Crippen LogP contribution < -0.4 is 9.04 Å². The zero-order chi connectivity index (χ0) is 15.5. The highest BCUT2D eigenvalue weighted by molar-refractivity contribution is 14.2. The summed E-state index contributed by atoms with van der Waals surface area (Å²) in [5, 5.41) is 0. The Labute approximate surface area is 146 Å². The Hall–Kier alpha value is -1.21. The van der Waals surface area contributed by atoms with Gasteiger partial charge in [-0.1, -0.05) is 30.3 Å². The maximum absolute atomic E-state index is 11.6. The quantitative estimate of drug-likeness (QED) is 0.396. The fourth-order valence-electron chi connectivity index (χ4n) is 3.07. The van der Waals surface area contributed by atoms with Gasteiger partial charge >= 0.3 is 0 Å². The second-order valence-electron chi connectivity index (χ2n) is 5.25. The lowest BCUT2D eigenvalue weighted by Crippen LogP contribution is -2.12. The van der Waals surface area contributed by atoms with Gasteiger partial charge in [0.15, 0.2) is 6.29 Å². The van der Waals surface area contributed by atoms with Crippen molar-refractivity contribution in [2.24, 2.45) is 0 Å². The molecule has 3 nitrogen and oxygen atoms in total. The van der Waals surface area contributed by atoms with E-state index in [-0.39, 0.29) is 0 Å². The fourth-order valence-corrected chi connectivity index (χ4v) is 4.66. The zero-order valence-electron chi connectivity index (χ0n) is 12.2. The van der Waals surface area contributed by atoms with Crippen LogP contribution >= 0.6 is 30.3 Å². The monoisotopic (exact) mass is 425 g/mol. The van der Waals surface area contributed by atoms with Gasteiger partial charge < -0.3 is 9.04 Å². The molecule has 0 amide bonds. The molecule has 3 rings (SSSR count). The van der Waals surface area contributed by atoms with E-state index in [1.54, 1.807) is 16.2 Å². The minimum Gasteiger partial charge on any atom is -0.496 e. The Morgan fingerprint density at radius 1 is 1.32 bits per heavy atom. The lowest BCUT2D eigenvalue weighted by atomic mass is 9.90. The Bertz CT molecular complexity index is 678. The number of nitrogens with zero attached hydrogens (tertiary/aromatic N) is 1. The van der Waals surface area contributed by atoms with Gasteiger partial charge in [0, 0.05) is 42.8 Å². The van der Waals surface area contributed by atoms with Crippen LogP contribution in [0.1, 0.15) is 27.4 Å². The molecule has 2 aromatic carbocycles. The molecule has 22 heavy (non-hydrogen) atoms. The van der Waals surface area contributed by atoms with Gasteiger partial charge in [-0.25, -0.2) is 0 Å². The van der Waals surface area contributed by atoms with Crippen LogP contribution in [0.25, 0.3) is 0 Å². The van der Waals surface area contributed by atoms with Crippen molar-refractivity contribution < 1.29 is 9.53 Å². The van der Waals surface area contributed by atoms with E-state index in [1.165, 1.54) is 5.56 Å². The Balaban J connectivity index is 2.04. The minimum atomic E-state index is 0.301. The van der Waals surface area contributed by atoms with Crippen LogP contribution in [0.2, 0.25) is 0 Å². The molecule has 2 aromatic rings. The van der Waals surface area contributed by atoms with Crippen LogP contribution in [0.3, 0.4) is 0 Å². The highest BCUT2D eigenvalue weighted by Crippen LogP contribution is 2.46. The van der Waals surface area contributed by atoms with Crippen molar-refractivity contribution in [1.82, 2.24) is 0 Å². The molecule has 0 fully saturated rings. The van der Waals surface area contributed by atoms with Gasteiger partial charge in [-0.05, 0) is 29.7 Å². The number of rotatable bonds is 5. The number of carbonyl (C=O) groups is 1. The molecule has 1 heterocycles. The smallest absolute Gasteiger partial charge is 0.154 e. The second kappa shape index (κ2) is 6.91. The molecule has 0 unspecified atom stereocenters. The van der Waals surface area contributed by atoms with E-state index in [2.05, 4.69) is 55.8 Å². The predicted molar refractivity (Wildman–Crippen MR) is 100 cm³/mol. The minimum absolute atomic E-state index is 0.301. The maximum Gasteiger partial charge on any atom is 0.154 e. The second-order valence-corrected chi connectivity index (χ2v) is 7.01. The first-order valence-electron chi connectivity index (χ1n) is 7.04. The zero-order valence-corrected chi connectivity index (χ0v) is 15.1. The summed E-state index contributed by atoms with van der Waals surface area (Å²) in [6, 6.07) is 14.4. The van der Waals surface area contributed by atoms with E-state index in [0.29, 0.717) is 17.2 Å². The number of halogens is 1. The van der Waals surface area contributed by atoms with E-state index in [9.17, 15) is 4.79 Å². The maximum atomic E-state index is 11.6. The SMILES string of the molecule is COc1ccc2c(c1C=O)[C@@H](Cc1ccccc1)CN2SI. The van der Waals surface area contributed by atoms with Gasteiger partial charge in [-0.3, -0.25) is 4.79 Å². The molecule has 0 saturated carbocycles. The normalized spacial score (nSPS) is 16.5. The molecule has 1 atom stereocenters. The van der Waals surface area contributed by atoms with Crippen molar-refractivity contribution in [2.75, 3.05) is 18.0 Å². The Morgan fingerprint density at radius 3 is 2.73 bits per heavy atom. The molecule has 0 saturated heterocycles. The first-order chi connectivity index (χ1) is 10.8. The molecule has 5 heteroatoms. The van der Waals surface area contributed by atoms with Gasteiger partial charge in [-0.2, -0.15) is 0 Å². The Kier molecular flexibility index (Phi) is 4.93. The first kappa shape index (κ1) is 15.7. The van der Waals surface area contributed by atoms with Crippen molar-refractivity contribution in [3.05, 3.63) is 59.2 Å². The average Bonchev–Trinajstić information content (AvgIpc) is 2.92. The Morgan fingerprint density at radius 2 is 2.09 bits per heavy atom. The summed E-state index contributed by atoms with van der Waals surface area (Å²) in [6.45, 7) is 0.909. The van der Waals surface area contributed by atoms with Gasteiger partial charge in [-0.15, -0.1) is 0 Å². The first-order valence-corrected chi connectivity index (χ1v) is 10.4. The van der Waals surface area contributed by atoms with Crippen LogP contribution in [0.15, 0.2) is 42.5 Å². The average molecular weight is 425 g/mol. The molecule has 0 aliphatic carbocycles. The molecule has 0 radical (unpaired) electrons. The summed E-state index contributed by atoms with van der Waals surface area (Å²) in [5.41, 5.74) is 4.22. The van der Waals surface area contributed by atoms with Crippen LogP contribution in [-0.2, 0) is 6.42 Å². The van der Waals surface area contributed by atoms with Crippen molar-refractivity contribution in [1.29, 1.82) is 0 Å². The van der Waals surface area contributed by atoms with E-state index < -0.39 is 0 Å². The summed E-state index contributed by atoms with van der Waals surface area (Å²) in [4.78, 5) is 11.6. The molecule has 0 N–H and O–H groups in total. The number of carbonyl (C=O) groups excluding carboxylic acids is 1. The third-order valence-corrected chi connectivity index (χ3v) is 5.97. The largest absolute Gasteiger partial charge is 0.496 e. The predicted octanol–water partition coefficient (Wildman–Crippen LogP) is 4.65. The van der Waals surface area contributed by atoms with E-state index >= 15 is 0 Å². The number of methoxy groups -OCH3 is 1. The van der Waals surface area contributed by atoms with Crippen LogP contribution in [-0.4, -0.2) is 19.9 Å². The lowest BCUT2D eigenvalue weighted by molar-refractivity contribution is 0.111. The van der Waals surface area contributed by atoms with Gasteiger partial charge in [0.05, 0.1) is 18.4 Å². The number of anilines is 1. The lowest BCUT2D eigenvalue weighted by Gasteiger charge is -2.14. The van der Waals surface area contributed by atoms with Crippen LogP contribution in [0.4, 0.5) is 5.69 Å². The van der Waals surface area contributed by atoms with Crippen molar-refractivity contribution in [2.45, 2.75) is 12.3 Å². The number of fused-ring (bicyclic) bond motifs is 1. The summed E-state index contributed by atoms with van der Waals surface area (Å²) < 4.78 is 7.62. The van der Waals surface area contributed by atoms with E-state index in [0.717, 1.165) is 30.5 Å². The van der Waals surface area contributed by atoms with Crippen molar-refractivity contribution in [3.8, 4) is 5.75 Å². The van der Waals surface area contributed by atoms with E-state index in [4.69, 9.17) is 4.74 Å². The highest BCUT2D eigenvalue weighted by atomic mass is 127. The van der Waals surface area contributed by atoms with Gasteiger partial charge in [0.1, 0.15) is 5.75 Å². The third-order valence-electron chi connectivity index (χ3n) is 4.03. The third kappa shape index (κ3) is 2.84. The van der Waals surface area contributed by atoms with E-state index in [1.807, 2.05) is 12.1 Å². The summed E-state index contributed by atoms with van der Waals surface area (Å²) >= 11 is 2.29.